The number of ether oxygens (including phenoxy) is 2. The van der Waals surface area contributed by atoms with Gasteiger partial charge in [0.25, 0.3) is 0 Å². The molecule has 3 heteroatoms. The molecule has 0 heterocycles. The van der Waals surface area contributed by atoms with Crippen molar-refractivity contribution < 1.29 is 9.47 Å². The Morgan fingerprint density at radius 2 is 1.76 bits per heavy atom. The number of hydrogen-bond donors (Lipinski definition) is 1. The van der Waals surface area contributed by atoms with E-state index in [0.717, 1.165) is 13.0 Å². The Morgan fingerprint density at radius 3 is 2.48 bits per heavy atom. The zero-order chi connectivity index (χ0) is 14.7. The van der Waals surface area contributed by atoms with Gasteiger partial charge < -0.3 is 14.8 Å². The zero-order valence-corrected chi connectivity index (χ0v) is 13.9. The van der Waals surface area contributed by atoms with Crippen LogP contribution in [0.5, 0.6) is 0 Å². The average Bonchev–Trinajstić information content (AvgIpc) is 2.55. The minimum absolute atomic E-state index is 0.427. The molecule has 0 amide bonds. The molecule has 0 radical (unpaired) electrons. The van der Waals surface area contributed by atoms with E-state index in [-0.39, 0.29) is 0 Å². The van der Waals surface area contributed by atoms with E-state index in [1.165, 1.54) is 57.8 Å². The first kappa shape index (κ1) is 15.8. The van der Waals surface area contributed by atoms with Gasteiger partial charge in [-0.05, 0) is 51.5 Å². The van der Waals surface area contributed by atoms with E-state index in [0.29, 0.717) is 29.8 Å². The zero-order valence-electron chi connectivity index (χ0n) is 13.9. The quantitative estimate of drug-likeness (QED) is 0.839. The largest absolute Gasteiger partial charge is 0.381 e. The van der Waals surface area contributed by atoms with Crippen molar-refractivity contribution in [3.8, 4) is 0 Å². The summed E-state index contributed by atoms with van der Waals surface area (Å²) in [7, 11) is 1.85. The van der Waals surface area contributed by atoms with Crippen molar-refractivity contribution >= 4 is 0 Å². The van der Waals surface area contributed by atoms with E-state index < -0.39 is 0 Å². The monoisotopic (exact) mass is 295 g/mol. The molecule has 21 heavy (non-hydrogen) atoms. The first-order valence-corrected chi connectivity index (χ1v) is 9.20. The standard InChI is InChI=1S/C18H33NO2/c1-3-19-16-13-17(18(16)10-5-4-6-11-18)21-15-9-7-8-14(12-15)20-2/h14-17,19H,3-13H2,1-2H3. The smallest absolute Gasteiger partial charge is 0.0665 e. The van der Waals surface area contributed by atoms with Crippen molar-refractivity contribution in [3.63, 3.8) is 0 Å². The summed E-state index contributed by atoms with van der Waals surface area (Å²) in [6.07, 6.45) is 14.4. The van der Waals surface area contributed by atoms with Crippen LogP contribution in [0.25, 0.3) is 0 Å². The summed E-state index contributed by atoms with van der Waals surface area (Å²) in [5.41, 5.74) is 0.453. The first-order chi connectivity index (χ1) is 10.3. The predicted molar refractivity (Wildman–Crippen MR) is 85.5 cm³/mol. The summed E-state index contributed by atoms with van der Waals surface area (Å²) in [4.78, 5) is 0. The summed E-state index contributed by atoms with van der Waals surface area (Å²) in [6, 6.07) is 0.703. The second kappa shape index (κ2) is 6.97. The Kier molecular flexibility index (Phi) is 5.23. The van der Waals surface area contributed by atoms with Crippen LogP contribution in [0.1, 0.15) is 71.1 Å². The van der Waals surface area contributed by atoms with E-state index in [4.69, 9.17) is 9.47 Å². The van der Waals surface area contributed by atoms with Crippen LogP contribution in [-0.2, 0) is 9.47 Å². The average molecular weight is 295 g/mol. The maximum absolute atomic E-state index is 6.61. The molecular formula is C18H33NO2. The van der Waals surface area contributed by atoms with Gasteiger partial charge in [0.1, 0.15) is 0 Å². The molecule has 3 aliphatic carbocycles. The van der Waals surface area contributed by atoms with Crippen LogP contribution >= 0.6 is 0 Å². The van der Waals surface area contributed by atoms with Gasteiger partial charge in [-0.15, -0.1) is 0 Å². The highest BCUT2D eigenvalue weighted by Gasteiger charge is 2.55. The Bertz CT molecular complexity index is 327. The van der Waals surface area contributed by atoms with Gasteiger partial charge in [-0.1, -0.05) is 26.2 Å². The lowest BCUT2D eigenvalue weighted by atomic mass is 9.55. The van der Waals surface area contributed by atoms with Gasteiger partial charge in [0, 0.05) is 18.6 Å². The molecule has 122 valence electrons. The van der Waals surface area contributed by atoms with Crippen LogP contribution in [0.15, 0.2) is 0 Å². The molecule has 3 fully saturated rings. The molecular weight excluding hydrogens is 262 g/mol. The van der Waals surface area contributed by atoms with Crippen LogP contribution in [0.3, 0.4) is 0 Å². The molecule has 0 saturated heterocycles. The van der Waals surface area contributed by atoms with Crippen LogP contribution in [0, 0.1) is 5.41 Å². The second-order valence-electron chi connectivity index (χ2n) is 7.41. The molecule has 0 aliphatic heterocycles. The minimum atomic E-state index is 0.427. The van der Waals surface area contributed by atoms with Crippen LogP contribution < -0.4 is 5.32 Å². The molecule has 0 aromatic heterocycles. The third kappa shape index (κ3) is 3.16. The lowest BCUT2D eigenvalue weighted by Crippen LogP contribution is -2.65. The lowest BCUT2D eigenvalue weighted by Gasteiger charge is -2.59. The maximum Gasteiger partial charge on any atom is 0.0665 e. The number of methoxy groups -OCH3 is 1. The van der Waals surface area contributed by atoms with Gasteiger partial charge in [0.05, 0.1) is 18.3 Å². The number of rotatable bonds is 5. The third-order valence-electron chi connectivity index (χ3n) is 6.29. The van der Waals surface area contributed by atoms with Gasteiger partial charge in [-0.25, -0.2) is 0 Å². The Labute approximate surface area is 130 Å². The molecule has 3 nitrogen and oxygen atoms in total. The molecule has 3 saturated carbocycles. The summed E-state index contributed by atoms with van der Waals surface area (Å²) in [5, 5.41) is 3.72. The molecule has 4 unspecified atom stereocenters. The van der Waals surface area contributed by atoms with E-state index >= 15 is 0 Å². The summed E-state index contributed by atoms with van der Waals surface area (Å²) in [6.45, 7) is 3.32. The fourth-order valence-electron chi connectivity index (χ4n) is 5.02. The molecule has 3 aliphatic rings. The number of hydrogen-bond acceptors (Lipinski definition) is 3. The van der Waals surface area contributed by atoms with Crippen molar-refractivity contribution in [3.05, 3.63) is 0 Å². The van der Waals surface area contributed by atoms with Crippen LogP contribution in [0.2, 0.25) is 0 Å². The highest BCUT2D eigenvalue weighted by Crippen LogP contribution is 2.54. The molecule has 0 bridgehead atoms. The first-order valence-electron chi connectivity index (χ1n) is 9.20. The molecule has 3 rings (SSSR count). The fourth-order valence-corrected chi connectivity index (χ4v) is 5.02. The van der Waals surface area contributed by atoms with Crippen molar-refractivity contribution in [2.45, 2.75) is 95.5 Å². The van der Waals surface area contributed by atoms with E-state index in [1.807, 2.05) is 7.11 Å². The topological polar surface area (TPSA) is 30.5 Å². The predicted octanol–water partition coefficient (Wildman–Crippen LogP) is 3.66. The SMILES string of the molecule is CCNC1CC(OC2CCCC(OC)C2)C12CCCCC2. The van der Waals surface area contributed by atoms with Crippen molar-refractivity contribution in [2.24, 2.45) is 5.41 Å². The second-order valence-corrected chi connectivity index (χ2v) is 7.41. The van der Waals surface area contributed by atoms with Crippen LogP contribution in [0.4, 0.5) is 0 Å². The summed E-state index contributed by atoms with van der Waals surface area (Å²) < 4.78 is 12.2. The highest BCUT2D eigenvalue weighted by atomic mass is 16.5. The molecule has 0 aromatic rings. The van der Waals surface area contributed by atoms with E-state index in [9.17, 15) is 0 Å². The summed E-state index contributed by atoms with van der Waals surface area (Å²) in [5.74, 6) is 0. The van der Waals surface area contributed by atoms with Crippen molar-refractivity contribution in [2.75, 3.05) is 13.7 Å². The summed E-state index contributed by atoms with van der Waals surface area (Å²) >= 11 is 0. The van der Waals surface area contributed by atoms with Gasteiger partial charge in [-0.2, -0.15) is 0 Å². The van der Waals surface area contributed by atoms with Crippen molar-refractivity contribution in [1.82, 2.24) is 5.32 Å². The highest BCUT2D eigenvalue weighted by molar-refractivity contribution is 5.09. The Morgan fingerprint density at radius 1 is 1.00 bits per heavy atom. The molecule has 1 spiro atoms. The third-order valence-corrected chi connectivity index (χ3v) is 6.29. The Hall–Kier alpha value is -0.120. The van der Waals surface area contributed by atoms with Gasteiger partial charge in [-0.3, -0.25) is 0 Å². The molecule has 0 aromatic carbocycles. The fraction of sp³-hybridized carbons (Fsp3) is 1.00. The lowest BCUT2D eigenvalue weighted by molar-refractivity contribution is -0.187. The van der Waals surface area contributed by atoms with Gasteiger partial charge in [0.2, 0.25) is 0 Å². The van der Waals surface area contributed by atoms with E-state index in [2.05, 4.69) is 12.2 Å². The van der Waals surface area contributed by atoms with E-state index in [1.54, 1.807) is 0 Å². The normalized spacial score (nSPS) is 39.1. The molecule has 4 atom stereocenters. The van der Waals surface area contributed by atoms with Crippen molar-refractivity contribution in [1.29, 1.82) is 0 Å². The number of nitrogens with one attached hydrogen (secondary N) is 1. The maximum atomic E-state index is 6.61. The minimum Gasteiger partial charge on any atom is -0.381 e. The Balaban J connectivity index is 1.59. The molecule has 1 N–H and O–H groups in total. The van der Waals surface area contributed by atoms with Gasteiger partial charge >= 0.3 is 0 Å². The van der Waals surface area contributed by atoms with Crippen LogP contribution in [-0.4, -0.2) is 38.0 Å². The van der Waals surface area contributed by atoms with Gasteiger partial charge in [0.15, 0.2) is 0 Å².